The van der Waals surface area contributed by atoms with Gasteiger partial charge >= 0.3 is 0 Å². The first-order valence-corrected chi connectivity index (χ1v) is 15.9. The Labute approximate surface area is 264 Å². The number of thiophene rings is 1. The fourth-order valence-corrected chi connectivity index (χ4v) is 7.60. The summed E-state index contributed by atoms with van der Waals surface area (Å²) in [6.45, 7) is 0. The number of benzene rings is 7. The Morgan fingerprint density at radius 2 is 0.822 bits per heavy atom. The largest absolute Gasteiger partial charge is 0.208 e. The molecule has 0 aliphatic rings. The van der Waals surface area contributed by atoms with Crippen molar-refractivity contribution >= 4 is 53.1 Å². The van der Waals surface area contributed by atoms with Gasteiger partial charge in [-0.3, -0.25) is 0 Å². The zero-order valence-electron chi connectivity index (χ0n) is 24.2. The van der Waals surface area contributed by atoms with Gasteiger partial charge in [-0.05, 0) is 45.5 Å². The molecule has 0 saturated heterocycles. The number of rotatable bonds is 4. The van der Waals surface area contributed by atoms with Crippen LogP contribution in [0.15, 0.2) is 152 Å². The van der Waals surface area contributed by atoms with E-state index in [2.05, 4.69) is 91.0 Å². The molecule has 0 amide bonds. The molecule has 0 atom stereocenters. The van der Waals surface area contributed by atoms with Crippen molar-refractivity contribution in [1.29, 1.82) is 0 Å². The lowest BCUT2D eigenvalue weighted by molar-refractivity contribution is 1.07. The van der Waals surface area contributed by atoms with Crippen LogP contribution < -0.4 is 0 Å². The predicted octanol–water partition coefficient (Wildman–Crippen LogP) is 11.2. The summed E-state index contributed by atoms with van der Waals surface area (Å²) in [4.78, 5) is 14.8. The molecular weight excluding hydrogens is 567 g/mol. The topological polar surface area (TPSA) is 38.7 Å². The smallest absolute Gasteiger partial charge is 0.164 e. The summed E-state index contributed by atoms with van der Waals surface area (Å²) in [5.41, 5.74) is 5.17. The predicted molar refractivity (Wildman–Crippen MR) is 189 cm³/mol. The van der Waals surface area contributed by atoms with E-state index in [1.807, 2.05) is 72.0 Å². The van der Waals surface area contributed by atoms with Crippen molar-refractivity contribution in [1.82, 2.24) is 15.0 Å². The molecule has 0 saturated carbocycles. The van der Waals surface area contributed by atoms with Crippen molar-refractivity contribution < 1.29 is 0 Å². The van der Waals surface area contributed by atoms with Crippen LogP contribution in [-0.2, 0) is 0 Å². The highest BCUT2D eigenvalue weighted by Gasteiger charge is 2.16. The summed E-state index contributed by atoms with van der Waals surface area (Å²) in [6.07, 6.45) is 0. The molecule has 7 aromatic carbocycles. The number of fused-ring (bicyclic) bond motifs is 8. The fourth-order valence-electron chi connectivity index (χ4n) is 6.36. The highest BCUT2D eigenvalue weighted by atomic mass is 32.1. The minimum atomic E-state index is 0.657. The fraction of sp³-hybridized carbons (Fsp3) is 0. The van der Waals surface area contributed by atoms with Gasteiger partial charge in [0.15, 0.2) is 17.5 Å². The van der Waals surface area contributed by atoms with E-state index in [-0.39, 0.29) is 0 Å². The van der Waals surface area contributed by atoms with E-state index >= 15 is 0 Å². The van der Waals surface area contributed by atoms with Crippen LogP contribution >= 0.6 is 11.3 Å². The second-order valence-corrected chi connectivity index (χ2v) is 12.3. The molecule has 2 aromatic heterocycles. The summed E-state index contributed by atoms with van der Waals surface area (Å²) in [5.74, 6) is 1.98. The van der Waals surface area contributed by atoms with Gasteiger partial charge in [-0.2, -0.15) is 0 Å². The molecule has 210 valence electrons. The van der Waals surface area contributed by atoms with Gasteiger partial charge in [0.05, 0.1) is 0 Å². The Morgan fingerprint density at radius 3 is 1.49 bits per heavy atom. The maximum Gasteiger partial charge on any atom is 0.164 e. The van der Waals surface area contributed by atoms with Crippen LogP contribution in [0, 0.1) is 0 Å². The molecular formula is C41H25N3S. The van der Waals surface area contributed by atoms with Crippen LogP contribution in [0.2, 0.25) is 0 Å². The Balaban J connectivity index is 1.22. The molecule has 0 bridgehead atoms. The van der Waals surface area contributed by atoms with Gasteiger partial charge in [0.1, 0.15) is 0 Å². The number of hydrogen-bond donors (Lipinski definition) is 0. The van der Waals surface area contributed by atoms with Crippen molar-refractivity contribution in [3.63, 3.8) is 0 Å². The number of aromatic nitrogens is 3. The Bertz CT molecular complexity index is 2480. The maximum absolute atomic E-state index is 4.96. The Kier molecular flexibility index (Phi) is 6.00. The van der Waals surface area contributed by atoms with Crippen LogP contribution in [0.3, 0.4) is 0 Å². The first kappa shape index (κ1) is 25.8. The molecule has 0 unspecified atom stereocenters. The van der Waals surface area contributed by atoms with Gasteiger partial charge in [0.2, 0.25) is 0 Å². The van der Waals surface area contributed by atoms with Crippen LogP contribution in [0.4, 0.5) is 0 Å². The summed E-state index contributed by atoms with van der Waals surface area (Å²) in [6, 6.07) is 53.2. The van der Waals surface area contributed by atoms with Crippen molar-refractivity contribution in [2.45, 2.75) is 0 Å². The summed E-state index contributed by atoms with van der Waals surface area (Å²) < 4.78 is 2.64. The molecule has 9 aromatic rings. The summed E-state index contributed by atoms with van der Waals surface area (Å²) in [7, 11) is 0. The minimum absolute atomic E-state index is 0.657. The van der Waals surface area contributed by atoms with E-state index in [0.29, 0.717) is 17.5 Å². The van der Waals surface area contributed by atoms with Gasteiger partial charge < -0.3 is 0 Å². The van der Waals surface area contributed by atoms with Gasteiger partial charge in [0, 0.05) is 42.2 Å². The van der Waals surface area contributed by atoms with E-state index in [4.69, 9.17) is 15.0 Å². The molecule has 0 radical (unpaired) electrons. The highest BCUT2D eigenvalue weighted by molar-refractivity contribution is 7.27. The molecule has 9 rings (SSSR count). The lowest BCUT2D eigenvalue weighted by atomic mass is 9.95. The maximum atomic E-state index is 4.96. The standard InChI is InChI=1S/C41H25N3S/c1-3-12-26(13-4-1)39-42-40(27-14-5-2-6-15-27)44-41(43-39)30-17-11-16-28(24-30)29-22-23-36-35(25-29)37-33-20-9-7-18-31(33)32-19-8-10-21-34(32)38(37)45-36/h1-25H. The molecule has 0 spiro atoms. The average Bonchev–Trinajstić information content (AvgIpc) is 3.52. The lowest BCUT2D eigenvalue weighted by Gasteiger charge is -2.10. The van der Waals surface area contributed by atoms with E-state index in [0.717, 1.165) is 22.3 Å². The minimum Gasteiger partial charge on any atom is -0.208 e. The van der Waals surface area contributed by atoms with Gasteiger partial charge in [-0.15, -0.1) is 11.3 Å². The quantitative estimate of drug-likeness (QED) is 0.191. The lowest BCUT2D eigenvalue weighted by Crippen LogP contribution is -2.00. The van der Waals surface area contributed by atoms with Crippen LogP contribution in [0.25, 0.3) is 87.0 Å². The monoisotopic (exact) mass is 591 g/mol. The van der Waals surface area contributed by atoms with Crippen LogP contribution in [-0.4, -0.2) is 15.0 Å². The van der Waals surface area contributed by atoms with Gasteiger partial charge in [-0.25, -0.2) is 15.0 Å². The second-order valence-electron chi connectivity index (χ2n) is 11.2. The molecule has 4 heteroatoms. The van der Waals surface area contributed by atoms with Crippen molar-refractivity contribution in [2.75, 3.05) is 0 Å². The van der Waals surface area contributed by atoms with E-state index in [1.54, 1.807) is 0 Å². The first-order valence-electron chi connectivity index (χ1n) is 15.0. The number of hydrogen-bond acceptors (Lipinski definition) is 4. The number of nitrogens with zero attached hydrogens (tertiary/aromatic N) is 3. The van der Waals surface area contributed by atoms with Crippen molar-refractivity contribution in [3.8, 4) is 45.3 Å². The molecule has 0 aliphatic heterocycles. The zero-order chi connectivity index (χ0) is 29.7. The van der Waals surface area contributed by atoms with Crippen molar-refractivity contribution in [2.24, 2.45) is 0 Å². The third kappa shape index (κ3) is 4.38. The van der Waals surface area contributed by atoms with Crippen LogP contribution in [0.1, 0.15) is 0 Å². The Morgan fingerprint density at radius 1 is 0.333 bits per heavy atom. The highest BCUT2D eigenvalue weighted by Crippen LogP contribution is 2.45. The molecule has 3 nitrogen and oxygen atoms in total. The summed E-state index contributed by atoms with van der Waals surface area (Å²) in [5, 5.41) is 7.84. The summed E-state index contributed by atoms with van der Waals surface area (Å²) >= 11 is 1.88. The van der Waals surface area contributed by atoms with E-state index in [9.17, 15) is 0 Å². The zero-order valence-corrected chi connectivity index (χ0v) is 25.0. The first-order chi connectivity index (χ1) is 22.3. The van der Waals surface area contributed by atoms with Gasteiger partial charge in [-0.1, -0.05) is 133 Å². The Hall–Kier alpha value is -5.71. The second kappa shape index (κ2) is 10.5. The normalized spacial score (nSPS) is 11.6. The molecule has 2 heterocycles. The van der Waals surface area contributed by atoms with Crippen LogP contribution in [0.5, 0.6) is 0 Å². The third-order valence-corrected chi connectivity index (χ3v) is 9.70. The molecule has 0 fully saturated rings. The molecule has 45 heavy (non-hydrogen) atoms. The van der Waals surface area contributed by atoms with E-state index in [1.165, 1.54) is 47.3 Å². The van der Waals surface area contributed by atoms with E-state index < -0.39 is 0 Å². The molecule has 0 N–H and O–H groups in total. The SMILES string of the molecule is c1ccc(-c2nc(-c3ccccc3)nc(-c3cccc(-c4ccc5sc6c7ccccc7c7ccccc7c6c5c4)c3)n2)cc1. The van der Waals surface area contributed by atoms with Gasteiger partial charge in [0.25, 0.3) is 0 Å². The van der Waals surface area contributed by atoms with Crippen molar-refractivity contribution in [3.05, 3.63) is 152 Å². The average molecular weight is 592 g/mol. The molecule has 0 aliphatic carbocycles. The third-order valence-electron chi connectivity index (χ3n) is 8.50.